The van der Waals surface area contributed by atoms with Crippen molar-refractivity contribution in [2.45, 2.75) is 52.6 Å². The number of halogens is 1. The van der Waals surface area contributed by atoms with E-state index in [1.165, 1.54) is 0 Å². The van der Waals surface area contributed by atoms with E-state index in [0.29, 0.717) is 19.7 Å². The Kier molecular flexibility index (Phi) is 9.59. The first kappa shape index (κ1) is 22.5. The van der Waals surface area contributed by atoms with Crippen LogP contribution >= 0.6 is 11.6 Å². The number of nitrogens with zero attached hydrogens (tertiary/aromatic N) is 2. The fourth-order valence-electron chi connectivity index (χ4n) is 3.45. The molecule has 0 saturated carbocycles. The van der Waals surface area contributed by atoms with Crippen molar-refractivity contribution < 1.29 is 9.53 Å². The molecule has 1 atom stereocenters. The van der Waals surface area contributed by atoms with Crippen LogP contribution in [-0.2, 0) is 22.6 Å². The highest BCUT2D eigenvalue weighted by Gasteiger charge is 2.23. The lowest BCUT2D eigenvalue weighted by Gasteiger charge is -2.27. The van der Waals surface area contributed by atoms with Crippen LogP contribution in [0.4, 0.5) is 0 Å². The molecule has 0 fully saturated rings. The lowest BCUT2D eigenvalue weighted by atomic mass is 9.97. The van der Waals surface area contributed by atoms with Crippen molar-refractivity contribution >= 4 is 17.5 Å². The summed E-state index contributed by atoms with van der Waals surface area (Å²) in [5.41, 5.74) is 2.27. The molecule has 154 valence electrons. The zero-order valence-corrected chi connectivity index (χ0v) is 18.1. The minimum Gasteiger partial charge on any atom is -0.383 e. The Bertz CT molecular complexity index is 729. The van der Waals surface area contributed by atoms with Gasteiger partial charge < -0.3 is 14.2 Å². The van der Waals surface area contributed by atoms with Crippen LogP contribution in [0.25, 0.3) is 0 Å². The van der Waals surface area contributed by atoms with Crippen LogP contribution in [0.15, 0.2) is 42.6 Å². The molecule has 0 aliphatic heterocycles. The van der Waals surface area contributed by atoms with Gasteiger partial charge in [-0.15, -0.1) is 0 Å². The number of hydrogen-bond acceptors (Lipinski definition) is 2. The van der Waals surface area contributed by atoms with E-state index in [2.05, 4.69) is 36.7 Å². The predicted octanol–water partition coefficient (Wildman–Crippen LogP) is 5.38. The quantitative estimate of drug-likeness (QED) is 0.475. The van der Waals surface area contributed by atoms with Crippen molar-refractivity contribution in [1.82, 2.24) is 9.47 Å². The first-order chi connectivity index (χ1) is 13.6. The molecule has 0 spiro atoms. The first-order valence-electron chi connectivity index (χ1n) is 10.2. The molecule has 0 unspecified atom stereocenters. The van der Waals surface area contributed by atoms with Gasteiger partial charge in [-0.25, -0.2) is 0 Å². The Morgan fingerprint density at radius 2 is 2.07 bits per heavy atom. The van der Waals surface area contributed by atoms with E-state index in [-0.39, 0.29) is 11.8 Å². The summed E-state index contributed by atoms with van der Waals surface area (Å²) in [5.74, 6) is 0.330. The monoisotopic (exact) mass is 404 g/mol. The SMILES string of the molecule is CCCC[C@H](CC)C(=O)N(CCOC)Cc1cccn1Cc1cccc(Cl)c1. The average Bonchev–Trinajstić information content (AvgIpc) is 3.12. The molecule has 0 aliphatic rings. The Labute approximate surface area is 174 Å². The maximum absolute atomic E-state index is 13.2. The number of carbonyl (C=O) groups excluding carboxylic acids is 1. The van der Waals surface area contributed by atoms with Crippen LogP contribution in [0, 0.1) is 5.92 Å². The maximum Gasteiger partial charge on any atom is 0.226 e. The zero-order valence-electron chi connectivity index (χ0n) is 17.4. The number of rotatable bonds is 12. The highest BCUT2D eigenvalue weighted by atomic mass is 35.5. The van der Waals surface area contributed by atoms with E-state index >= 15 is 0 Å². The molecule has 0 N–H and O–H groups in total. The number of benzene rings is 1. The largest absolute Gasteiger partial charge is 0.383 e. The normalized spacial score (nSPS) is 12.1. The molecular weight excluding hydrogens is 372 g/mol. The number of hydrogen-bond donors (Lipinski definition) is 0. The van der Waals surface area contributed by atoms with Gasteiger partial charge in [0.1, 0.15) is 0 Å². The number of carbonyl (C=O) groups is 1. The van der Waals surface area contributed by atoms with Gasteiger partial charge in [-0.1, -0.05) is 50.4 Å². The van der Waals surface area contributed by atoms with Crippen molar-refractivity contribution in [3.8, 4) is 0 Å². The fraction of sp³-hybridized carbons (Fsp3) is 0.522. The van der Waals surface area contributed by atoms with Crippen molar-refractivity contribution in [3.63, 3.8) is 0 Å². The lowest BCUT2D eigenvalue weighted by molar-refractivity contribution is -0.137. The summed E-state index contributed by atoms with van der Waals surface area (Å²) in [6.45, 7) is 6.77. The summed E-state index contributed by atoms with van der Waals surface area (Å²) in [5, 5.41) is 0.741. The van der Waals surface area contributed by atoms with Crippen LogP contribution in [0.5, 0.6) is 0 Å². The van der Waals surface area contributed by atoms with Gasteiger partial charge in [0.25, 0.3) is 0 Å². The fourth-order valence-corrected chi connectivity index (χ4v) is 3.67. The van der Waals surface area contributed by atoms with Gasteiger partial charge in [-0.2, -0.15) is 0 Å². The molecule has 0 saturated heterocycles. The Morgan fingerprint density at radius 3 is 2.75 bits per heavy atom. The van der Waals surface area contributed by atoms with Crippen molar-refractivity contribution in [2.24, 2.45) is 5.92 Å². The average molecular weight is 405 g/mol. The molecule has 0 aliphatic carbocycles. The number of amides is 1. The van der Waals surface area contributed by atoms with E-state index in [0.717, 1.165) is 48.5 Å². The second-order valence-electron chi connectivity index (χ2n) is 7.26. The zero-order chi connectivity index (χ0) is 20.4. The van der Waals surface area contributed by atoms with E-state index in [1.807, 2.05) is 29.2 Å². The van der Waals surface area contributed by atoms with Gasteiger partial charge in [-0.05, 0) is 42.7 Å². The molecule has 0 radical (unpaired) electrons. The molecule has 28 heavy (non-hydrogen) atoms. The third-order valence-electron chi connectivity index (χ3n) is 5.14. The molecule has 2 aromatic rings. The molecule has 1 amide bonds. The lowest BCUT2D eigenvalue weighted by Crippen LogP contribution is -2.38. The summed E-state index contributed by atoms with van der Waals surface area (Å²) in [7, 11) is 1.68. The summed E-state index contributed by atoms with van der Waals surface area (Å²) >= 11 is 6.12. The van der Waals surface area contributed by atoms with Crippen LogP contribution in [-0.4, -0.2) is 35.6 Å². The highest BCUT2D eigenvalue weighted by Crippen LogP contribution is 2.19. The smallest absolute Gasteiger partial charge is 0.226 e. The van der Waals surface area contributed by atoms with E-state index in [1.54, 1.807) is 7.11 Å². The van der Waals surface area contributed by atoms with E-state index < -0.39 is 0 Å². The molecule has 5 heteroatoms. The molecule has 0 bridgehead atoms. The number of aromatic nitrogens is 1. The van der Waals surface area contributed by atoms with Crippen LogP contribution < -0.4 is 0 Å². The van der Waals surface area contributed by atoms with Crippen molar-refractivity contribution in [2.75, 3.05) is 20.3 Å². The van der Waals surface area contributed by atoms with E-state index in [4.69, 9.17) is 16.3 Å². The van der Waals surface area contributed by atoms with Gasteiger partial charge in [0.15, 0.2) is 0 Å². The van der Waals surface area contributed by atoms with Crippen LogP contribution in [0.1, 0.15) is 50.8 Å². The molecule has 1 aromatic heterocycles. The second kappa shape index (κ2) is 11.9. The highest BCUT2D eigenvalue weighted by molar-refractivity contribution is 6.30. The molecule has 4 nitrogen and oxygen atoms in total. The van der Waals surface area contributed by atoms with Crippen LogP contribution in [0.3, 0.4) is 0 Å². The van der Waals surface area contributed by atoms with Gasteiger partial charge in [-0.3, -0.25) is 4.79 Å². The molecule has 1 heterocycles. The maximum atomic E-state index is 13.2. The topological polar surface area (TPSA) is 34.5 Å². The summed E-state index contributed by atoms with van der Waals surface area (Å²) < 4.78 is 7.45. The molecular formula is C23H33ClN2O2. The van der Waals surface area contributed by atoms with Crippen molar-refractivity contribution in [1.29, 1.82) is 0 Å². The van der Waals surface area contributed by atoms with Gasteiger partial charge in [0, 0.05) is 43.0 Å². The van der Waals surface area contributed by atoms with Crippen molar-refractivity contribution in [3.05, 3.63) is 58.9 Å². The molecule has 1 aromatic carbocycles. The number of unbranched alkanes of at least 4 members (excludes halogenated alkanes) is 1. The summed E-state index contributed by atoms with van der Waals surface area (Å²) in [4.78, 5) is 15.1. The van der Waals surface area contributed by atoms with Gasteiger partial charge in [0.05, 0.1) is 13.2 Å². The Balaban J connectivity index is 2.13. The third-order valence-corrected chi connectivity index (χ3v) is 5.38. The minimum atomic E-state index is 0.0909. The second-order valence-corrected chi connectivity index (χ2v) is 7.69. The number of methoxy groups -OCH3 is 1. The van der Waals surface area contributed by atoms with E-state index in [9.17, 15) is 4.79 Å². The summed E-state index contributed by atoms with van der Waals surface area (Å²) in [6.07, 6.45) is 6.10. The molecule has 2 rings (SSSR count). The first-order valence-corrected chi connectivity index (χ1v) is 10.6. The third kappa shape index (κ3) is 6.68. The Morgan fingerprint density at radius 1 is 1.25 bits per heavy atom. The van der Waals surface area contributed by atoms with Gasteiger partial charge in [0.2, 0.25) is 5.91 Å². The summed E-state index contributed by atoms with van der Waals surface area (Å²) in [6, 6.07) is 12.0. The van der Waals surface area contributed by atoms with Crippen LogP contribution in [0.2, 0.25) is 5.02 Å². The standard InChI is InChI=1S/C23H33ClN2O2/c1-4-6-10-20(5-2)23(27)26(14-15-28-3)18-22-12-8-13-25(22)17-19-9-7-11-21(24)16-19/h7-9,11-13,16,20H,4-6,10,14-15,17-18H2,1-3H3/t20-/m0/s1. The number of ether oxygens (including phenoxy) is 1. The minimum absolute atomic E-state index is 0.0909. The predicted molar refractivity (Wildman–Crippen MR) is 116 cm³/mol. The Hall–Kier alpha value is -1.78. The van der Waals surface area contributed by atoms with Gasteiger partial charge >= 0.3 is 0 Å².